The van der Waals surface area contributed by atoms with Crippen LogP contribution in [0.5, 0.6) is 0 Å². The van der Waals surface area contributed by atoms with Gasteiger partial charge >= 0.3 is 0 Å². The van der Waals surface area contributed by atoms with Crippen LogP contribution in [0.15, 0.2) is 23.1 Å². The number of ether oxygens (including phenoxy) is 1. The Kier molecular flexibility index (Phi) is 5.68. The van der Waals surface area contributed by atoms with Gasteiger partial charge in [-0.2, -0.15) is 4.31 Å². The largest absolute Gasteiger partial charge is 0.379 e. The van der Waals surface area contributed by atoms with Gasteiger partial charge < -0.3 is 9.64 Å². The van der Waals surface area contributed by atoms with Crippen LogP contribution in [0.25, 0.3) is 0 Å². The van der Waals surface area contributed by atoms with Crippen molar-refractivity contribution in [2.24, 2.45) is 0 Å². The summed E-state index contributed by atoms with van der Waals surface area (Å²) in [6.45, 7) is 4.04. The van der Waals surface area contributed by atoms with Crippen molar-refractivity contribution in [1.29, 1.82) is 0 Å². The van der Waals surface area contributed by atoms with Crippen molar-refractivity contribution in [3.8, 4) is 0 Å². The van der Waals surface area contributed by atoms with Crippen LogP contribution < -0.4 is 0 Å². The zero-order chi connectivity index (χ0) is 18.0. The molecule has 0 aliphatic carbocycles. The average Bonchev–Trinajstić information content (AvgIpc) is 2.62. The summed E-state index contributed by atoms with van der Waals surface area (Å²) >= 11 is 6.16. The molecule has 138 valence electrons. The monoisotopic (exact) mass is 386 g/mol. The molecule has 0 aromatic heterocycles. The molecule has 0 radical (unpaired) electrons. The third kappa shape index (κ3) is 3.84. The van der Waals surface area contributed by atoms with Crippen LogP contribution in [0, 0.1) is 0 Å². The van der Waals surface area contributed by atoms with E-state index in [4.69, 9.17) is 16.3 Å². The lowest BCUT2D eigenvalue weighted by molar-refractivity contribution is 0.0635. The van der Waals surface area contributed by atoms with Crippen molar-refractivity contribution in [3.63, 3.8) is 0 Å². The molecule has 1 atom stereocenters. The highest BCUT2D eigenvalue weighted by Gasteiger charge is 2.30. The Morgan fingerprint density at radius 3 is 2.60 bits per heavy atom. The van der Waals surface area contributed by atoms with Crippen molar-refractivity contribution < 1.29 is 17.9 Å². The molecule has 8 heteroatoms. The highest BCUT2D eigenvalue weighted by Crippen LogP contribution is 2.28. The summed E-state index contributed by atoms with van der Waals surface area (Å²) in [6, 6.07) is 4.67. The Balaban J connectivity index is 1.91. The molecule has 0 spiro atoms. The van der Waals surface area contributed by atoms with Crippen molar-refractivity contribution in [3.05, 3.63) is 28.8 Å². The highest BCUT2D eigenvalue weighted by atomic mass is 35.5. The minimum atomic E-state index is -3.74. The Hall–Kier alpha value is -1.15. The molecule has 2 aliphatic rings. The third-order valence-electron chi connectivity index (χ3n) is 4.83. The number of morpholine rings is 1. The first-order chi connectivity index (χ1) is 11.9. The van der Waals surface area contributed by atoms with Crippen molar-refractivity contribution in [2.45, 2.75) is 37.1 Å². The SMILES string of the molecule is CC1CCCCN1C(=O)c1ccc(Cl)c(S(=O)(=O)N2CCOCC2)c1. The van der Waals surface area contributed by atoms with Gasteiger partial charge in [0.25, 0.3) is 5.91 Å². The molecule has 2 fully saturated rings. The van der Waals surface area contributed by atoms with Gasteiger partial charge in [0.2, 0.25) is 10.0 Å². The Morgan fingerprint density at radius 1 is 1.20 bits per heavy atom. The van der Waals surface area contributed by atoms with Crippen LogP contribution in [0.4, 0.5) is 0 Å². The zero-order valence-corrected chi connectivity index (χ0v) is 15.9. The molecular formula is C17H23ClN2O4S. The Morgan fingerprint density at radius 2 is 1.92 bits per heavy atom. The summed E-state index contributed by atoms with van der Waals surface area (Å²) < 4.78 is 32.3. The van der Waals surface area contributed by atoms with E-state index in [9.17, 15) is 13.2 Å². The number of hydrogen-bond acceptors (Lipinski definition) is 4. The first-order valence-electron chi connectivity index (χ1n) is 8.59. The highest BCUT2D eigenvalue weighted by molar-refractivity contribution is 7.89. The fraction of sp³-hybridized carbons (Fsp3) is 0.588. The maximum Gasteiger partial charge on any atom is 0.254 e. The molecule has 1 aromatic rings. The lowest BCUT2D eigenvalue weighted by Gasteiger charge is -2.33. The van der Waals surface area contributed by atoms with Gasteiger partial charge in [-0.1, -0.05) is 11.6 Å². The Bertz CT molecular complexity index is 747. The van der Waals surface area contributed by atoms with E-state index < -0.39 is 10.0 Å². The van der Waals surface area contributed by atoms with E-state index in [0.29, 0.717) is 38.4 Å². The van der Waals surface area contributed by atoms with E-state index in [1.54, 1.807) is 6.07 Å². The molecule has 1 unspecified atom stereocenters. The smallest absolute Gasteiger partial charge is 0.254 e. The van der Waals surface area contributed by atoms with Gasteiger partial charge in [-0.3, -0.25) is 4.79 Å². The van der Waals surface area contributed by atoms with Crippen LogP contribution in [0.3, 0.4) is 0 Å². The summed E-state index contributed by atoms with van der Waals surface area (Å²) in [6.07, 6.45) is 3.06. The maximum absolute atomic E-state index is 12.9. The molecule has 25 heavy (non-hydrogen) atoms. The minimum absolute atomic E-state index is 0.00780. The normalized spacial score (nSPS) is 22.8. The van der Waals surface area contributed by atoms with Gasteiger partial charge in [0.15, 0.2) is 0 Å². The molecule has 0 saturated carbocycles. The standard InChI is InChI=1S/C17H23ClN2O4S/c1-13-4-2-3-7-20(13)17(21)14-5-6-15(18)16(12-14)25(22,23)19-8-10-24-11-9-19/h5-6,12-13H,2-4,7-11H2,1H3. The minimum Gasteiger partial charge on any atom is -0.379 e. The van der Waals surface area contributed by atoms with Gasteiger partial charge in [-0.15, -0.1) is 0 Å². The molecule has 2 aliphatic heterocycles. The number of hydrogen-bond donors (Lipinski definition) is 0. The van der Waals surface area contributed by atoms with E-state index in [-0.39, 0.29) is 21.9 Å². The topological polar surface area (TPSA) is 66.9 Å². The van der Waals surface area contributed by atoms with Crippen LogP contribution in [-0.2, 0) is 14.8 Å². The van der Waals surface area contributed by atoms with Crippen LogP contribution >= 0.6 is 11.6 Å². The number of piperidine rings is 1. The number of sulfonamides is 1. The fourth-order valence-corrected chi connectivity index (χ4v) is 5.23. The number of likely N-dealkylation sites (tertiary alicyclic amines) is 1. The number of nitrogens with zero attached hydrogens (tertiary/aromatic N) is 2. The van der Waals surface area contributed by atoms with Gasteiger partial charge in [-0.25, -0.2) is 8.42 Å². The van der Waals surface area contributed by atoms with Gasteiger partial charge in [0.1, 0.15) is 4.90 Å². The lowest BCUT2D eigenvalue weighted by atomic mass is 10.0. The third-order valence-corrected chi connectivity index (χ3v) is 7.21. The molecule has 6 nitrogen and oxygen atoms in total. The van der Waals surface area contributed by atoms with Crippen LogP contribution in [-0.4, -0.2) is 62.4 Å². The predicted octanol–water partition coefficient (Wildman–Crippen LogP) is 2.38. The number of carbonyl (C=O) groups excluding carboxylic acids is 1. The number of halogens is 1. The molecule has 1 amide bonds. The van der Waals surface area contributed by atoms with Crippen LogP contribution in [0.1, 0.15) is 36.5 Å². The van der Waals surface area contributed by atoms with Gasteiger partial charge in [-0.05, 0) is 44.4 Å². The molecule has 0 N–H and O–H groups in total. The number of amides is 1. The summed E-state index contributed by atoms with van der Waals surface area (Å²) in [7, 11) is -3.74. The zero-order valence-electron chi connectivity index (χ0n) is 14.3. The van der Waals surface area contributed by atoms with Crippen LogP contribution in [0.2, 0.25) is 5.02 Å². The van der Waals surface area contributed by atoms with E-state index in [0.717, 1.165) is 19.3 Å². The summed E-state index contributed by atoms with van der Waals surface area (Å²) in [5.74, 6) is -0.137. The predicted molar refractivity (Wildman–Crippen MR) is 95.4 cm³/mol. The Labute approximate surface area is 153 Å². The number of benzene rings is 1. The van der Waals surface area contributed by atoms with Crippen molar-refractivity contribution >= 4 is 27.5 Å². The van der Waals surface area contributed by atoms with Crippen molar-refractivity contribution in [1.82, 2.24) is 9.21 Å². The summed E-state index contributed by atoms with van der Waals surface area (Å²) in [5.41, 5.74) is 0.366. The maximum atomic E-state index is 12.9. The molecule has 3 rings (SSSR count). The molecule has 2 heterocycles. The van der Waals surface area contributed by atoms with Gasteiger partial charge in [0.05, 0.1) is 18.2 Å². The molecular weight excluding hydrogens is 364 g/mol. The van der Waals surface area contributed by atoms with E-state index in [1.807, 2.05) is 11.8 Å². The number of rotatable bonds is 3. The molecule has 1 aromatic carbocycles. The van der Waals surface area contributed by atoms with E-state index in [1.165, 1.54) is 16.4 Å². The fourth-order valence-electron chi connectivity index (χ4n) is 3.33. The molecule has 0 bridgehead atoms. The second-order valence-electron chi connectivity index (χ2n) is 6.51. The van der Waals surface area contributed by atoms with Gasteiger partial charge in [0, 0.05) is 31.2 Å². The summed E-state index contributed by atoms with van der Waals surface area (Å²) in [4.78, 5) is 14.6. The second-order valence-corrected chi connectivity index (χ2v) is 8.82. The lowest BCUT2D eigenvalue weighted by Crippen LogP contribution is -2.42. The number of carbonyl (C=O) groups is 1. The van der Waals surface area contributed by atoms with E-state index in [2.05, 4.69) is 0 Å². The molecule has 2 saturated heterocycles. The van der Waals surface area contributed by atoms with E-state index >= 15 is 0 Å². The first-order valence-corrected chi connectivity index (χ1v) is 10.4. The second kappa shape index (κ2) is 7.61. The summed E-state index contributed by atoms with van der Waals surface area (Å²) in [5, 5.41) is 0.134. The van der Waals surface area contributed by atoms with Crippen molar-refractivity contribution in [2.75, 3.05) is 32.8 Å². The quantitative estimate of drug-likeness (QED) is 0.799. The first kappa shape index (κ1) is 18.6. The average molecular weight is 387 g/mol.